The molecule has 7 heteroatoms. The topological polar surface area (TPSA) is 74.7 Å². The summed E-state index contributed by atoms with van der Waals surface area (Å²) < 4.78 is 26.9. The van der Waals surface area contributed by atoms with Gasteiger partial charge in [0.2, 0.25) is 0 Å². The summed E-state index contributed by atoms with van der Waals surface area (Å²) in [4.78, 5) is 12.3. The normalized spacial score (nSPS) is 11.3. The molecule has 0 atom stereocenters. The van der Waals surface area contributed by atoms with Crippen molar-refractivity contribution in [3.8, 4) is 0 Å². The molecule has 1 N–H and O–H groups in total. The van der Waals surface area contributed by atoms with Crippen molar-refractivity contribution in [3.63, 3.8) is 0 Å². The maximum absolute atomic E-state index is 13.0. The van der Waals surface area contributed by atoms with Crippen LogP contribution in [0.2, 0.25) is 0 Å². The molecule has 0 radical (unpaired) electrons. The molecule has 0 aliphatic heterocycles. The summed E-state index contributed by atoms with van der Waals surface area (Å²) in [7, 11) is -3.97. The van der Waals surface area contributed by atoms with Gasteiger partial charge in [0.05, 0.1) is 10.6 Å². The molecule has 0 spiro atoms. The second-order valence-corrected chi connectivity index (χ2v) is 8.11. The van der Waals surface area contributed by atoms with Crippen LogP contribution >= 0.6 is 11.8 Å². The molecule has 2 aromatic rings. The van der Waals surface area contributed by atoms with E-state index in [1.165, 1.54) is 23.9 Å². The second kappa shape index (κ2) is 7.27. The Balaban J connectivity index is 2.57. The first-order chi connectivity index (χ1) is 11.3. The van der Waals surface area contributed by atoms with E-state index in [-0.39, 0.29) is 4.90 Å². The van der Waals surface area contributed by atoms with Gasteiger partial charge in [-0.25, -0.2) is 8.42 Å². The molecule has 0 heterocycles. The molecule has 0 aromatic heterocycles. The fourth-order valence-corrected chi connectivity index (χ4v) is 4.16. The highest BCUT2D eigenvalue weighted by atomic mass is 32.2. The average molecular weight is 365 g/mol. The van der Waals surface area contributed by atoms with Crippen molar-refractivity contribution in [2.45, 2.75) is 23.6 Å². The molecule has 0 amide bonds. The first-order valence-corrected chi connectivity index (χ1v) is 9.88. The van der Waals surface area contributed by atoms with Crippen LogP contribution in [-0.4, -0.2) is 32.3 Å². The largest absolute Gasteiger partial charge is 0.480 e. The molecule has 0 bridgehead atoms. The molecule has 128 valence electrons. The number of hydrogen-bond donors (Lipinski definition) is 1. The maximum Gasteiger partial charge on any atom is 0.324 e. The Morgan fingerprint density at radius 2 is 1.75 bits per heavy atom. The summed E-state index contributed by atoms with van der Waals surface area (Å²) in [6.45, 7) is 2.97. The molecule has 0 aliphatic carbocycles. The molecule has 2 rings (SSSR count). The van der Waals surface area contributed by atoms with Gasteiger partial charge in [0.25, 0.3) is 10.0 Å². The van der Waals surface area contributed by atoms with Gasteiger partial charge >= 0.3 is 5.97 Å². The number of benzene rings is 2. The summed E-state index contributed by atoms with van der Waals surface area (Å²) in [5, 5.41) is 9.19. The van der Waals surface area contributed by atoms with Gasteiger partial charge in [-0.1, -0.05) is 12.1 Å². The first kappa shape index (κ1) is 18.4. The lowest BCUT2D eigenvalue weighted by Crippen LogP contribution is -2.36. The standard InChI is InChI=1S/C17H19NO4S2/c1-12-4-5-13(2)16(10-12)18(11-17(19)20)24(21,22)15-8-6-14(23-3)7-9-15/h4-10H,11H2,1-3H3,(H,19,20). The first-order valence-electron chi connectivity index (χ1n) is 7.21. The average Bonchev–Trinajstić information content (AvgIpc) is 2.55. The monoisotopic (exact) mass is 365 g/mol. The van der Waals surface area contributed by atoms with Crippen molar-refractivity contribution < 1.29 is 18.3 Å². The predicted molar refractivity (Wildman–Crippen MR) is 96.3 cm³/mol. The Bertz CT molecular complexity index is 845. The van der Waals surface area contributed by atoms with Crippen LogP contribution in [0.3, 0.4) is 0 Å². The van der Waals surface area contributed by atoms with E-state index in [0.717, 1.165) is 14.8 Å². The van der Waals surface area contributed by atoms with Crippen LogP contribution in [0.4, 0.5) is 5.69 Å². The van der Waals surface area contributed by atoms with Crippen molar-refractivity contribution in [2.75, 3.05) is 17.1 Å². The smallest absolute Gasteiger partial charge is 0.324 e. The maximum atomic E-state index is 13.0. The van der Waals surface area contributed by atoms with E-state index in [4.69, 9.17) is 0 Å². The number of thioether (sulfide) groups is 1. The van der Waals surface area contributed by atoms with Gasteiger partial charge < -0.3 is 5.11 Å². The summed E-state index contributed by atoms with van der Waals surface area (Å²) in [6, 6.07) is 11.7. The Morgan fingerprint density at radius 1 is 1.12 bits per heavy atom. The Labute approximate surface area is 146 Å². The molecule has 0 saturated carbocycles. The van der Waals surface area contributed by atoms with Gasteiger partial charge in [-0.15, -0.1) is 11.8 Å². The number of carboxylic acids is 1. The SMILES string of the molecule is CSc1ccc(S(=O)(=O)N(CC(=O)O)c2cc(C)ccc2C)cc1. The number of carboxylic acid groups (broad SMARTS) is 1. The van der Waals surface area contributed by atoms with Crippen LogP contribution in [0, 0.1) is 13.8 Å². The van der Waals surface area contributed by atoms with Crippen molar-refractivity contribution >= 4 is 33.4 Å². The van der Waals surface area contributed by atoms with Crippen molar-refractivity contribution in [1.82, 2.24) is 0 Å². The lowest BCUT2D eigenvalue weighted by Gasteiger charge is -2.25. The molecule has 2 aromatic carbocycles. The number of aryl methyl sites for hydroxylation is 2. The fraction of sp³-hybridized carbons (Fsp3) is 0.235. The van der Waals surface area contributed by atoms with Gasteiger partial charge in [0, 0.05) is 4.90 Å². The zero-order valence-electron chi connectivity index (χ0n) is 13.7. The molecule has 0 fully saturated rings. The summed E-state index contributed by atoms with van der Waals surface area (Å²) in [6.07, 6.45) is 1.90. The van der Waals surface area contributed by atoms with Gasteiger partial charge in [0.15, 0.2) is 0 Å². The molecule has 24 heavy (non-hydrogen) atoms. The third-order valence-corrected chi connectivity index (χ3v) is 6.08. The summed E-state index contributed by atoms with van der Waals surface area (Å²) >= 11 is 1.51. The van der Waals surface area contributed by atoms with E-state index in [1.807, 2.05) is 19.2 Å². The lowest BCUT2D eigenvalue weighted by molar-refractivity contribution is -0.135. The van der Waals surface area contributed by atoms with E-state index in [2.05, 4.69) is 0 Å². The zero-order chi connectivity index (χ0) is 17.9. The summed E-state index contributed by atoms with van der Waals surface area (Å²) in [5.41, 5.74) is 1.94. The van der Waals surface area contributed by atoms with E-state index >= 15 is 0 Å². The number of rotatable bonds is 6. The Morgan fingerprint density at radius 3 is 2.29 bits per heavy atom. The van der Waals surface area contributed by atoms with Crippen molar-refractivity contribution in [3.05, 3.63) is 53.6 Å². The molecule has 5 nitrogen and oxygen atoms in total. The second-order valence-electron chi connectivity index (χ2n) is 5.37. The number of nitrogens with zero attached hydrogens (tertiary/aromatic N) is 1. The van der Waals surface area contributed by atoms with Gasteiger partial charge in [-0.05, 0) is 61.6 Å². The number of anilines is 1. The third kappa shape index (κ3) is 3.91. The van der Waals surface area contributed by atoms with Crippen molar-refractivity contribution in [2.24, 2.45) is 0 Å². The number of hydrogen-bond acceptors (Lipinski definition) is 4. The zero-order valence-corrected chi connectivity index (χ0v) is 15.3. The minimum atomic E-state index is -3.97. The van der Waals surface area contributed by atoms with E-state index in [9.17, 15) is 18.3 Å². The highest BCUT2D eigenvalue weighted by Crippen LogP contribution is 2.28. The highest BCUT2D eigenvalue weighted by molar-refractivity contribution is 7.98. The highest BCUT2D eigenvalue weighted by Gasteiger charge is 2.28. The van der Waals surface area contributed by atoms with Crippen LogP contribution in [0.5, 0.6) is 0 Å². The van der Waals surface area contributed by atoms with Crippen LogP contribution < -0.4 is 4.31 Å². The van der Waals surface area contributed by atoms with E-state index in [1.54, 1.807) is 31.2 Å². The van der Waals surface area contributed by atoms with E-state index < -0.39 is 22.5 Å². The quantitative estimate of drug-likeness (QED) is 0.795. The molecular weight excluding hydrogens is 346 g/mol. The lowest BCUT2D eigenvalue weighted by atomic mass is 10.1. The van der Waals surface area contributed by atoms with Crippen LogP contribution in [0.1, 0.15) is 11.1 Å². The molecule has 0 aliphatic rings. The van der Waals surface area contributed by atoms with Crippen LogP contribution in [0.25, 0.3) is 0 Å². The van der Waals surface area contributed by atoms with E-state index in [0.29, 0.717) is 11.3 Å². The number of sulfonamides is 1. The minimum absolute atomic E-state index is 0.0717. The van der Waals surface area contributed by atoms with Crippen LogP contribution in [-0.2, 0) is 14.8 Å². The molecular formula is C17H19NO4S2. The minimum Gasteiger partial charge on any atom is -0.480 e. The Hall–Kier alpha value is -1.99. The van der Waals surface area contributed by atoms with Gasteiger partial charge in [-0.2, -0.15) is 0 Å². The Kier molecular flexibility index (Phi) is 5.56. The van der Waals surface area contributed by atoms with Gasteiger partial charge in [-0.3, -0.25) is 9.10 Å². The number of carbonyl (C=O) groups is 1. The van der Waals surface area contributed by atoms with Gasteiger partial charge in [0.1, 0.15) is 6.54 Å². The third-order valence-electron chi connectivity index (χ3n) is 3.56. The van der Waals surface area contributed by atoms with Crippen molar-refractivity contribution in [1.29, 1.82) is 0 Å². The summed E-state index contributed by atoms with van der Waals surface area (Å²) in [5.74, 6) is -1.21. The predicted octanol–water partition coefficient (Wildman–Crippen LogP) is 3.31. The number of aliphatic carboxylic acids is 1. The molecule has 0 unspecified atom stereocenters. The molecule has 0 saturated heterocycles. The van der Waals surface area contributed by atoms with Crippen LogP contribution in [0.15, 0.2) is 52.3 Å². The fourth-order valence-electron chi connectivity index (χ4n) is 2.29.